The van der Waals surface area contributed by atoms with Gasteiger partial charge < -0.3 is 26.0 Å². The number of ether oxygens (including phenoxy) is 1. The number of benzene rings is 1. The largest absolute Gasteiger partial charge is 0.444 e. The Bertz CT molecular complexity index is 1080. The Labute approximate surface area is 211 Å². The fraction of sp³-hybridized carbons (Fsp3) is 0.520. The third-order valence-electron chi connectivity index (χ3n) is 5.58. The molecule has 0 unspecified atom stereocenters. The summed E-state index contributed by atoms with van der Waals surface area (Å²) in [5.41, 5.74) is 7.42. The molecule has 0 aliphatic carbocycles. The van der Waals surface area contributed by atoms with Crippen molar-refractivity contribution in [2.45, 2.75) is 69.9 Å². The van der Waals surface area contributed by atoms with Gasteiger partial charge in [-0.2, -0.15) is 0 Å². The number of nitrogens with two attached hydrogens (primary N) is 1. The van der Waals surface area contributed by atoms with Gasteiger partial charge in [0.1, 0.15) is 16.4 Å². The van der Waals surface area contributed by atoms with Crippen molar-refractivity contribution in [3.63, 3.8) is 0 Å². The zero-order valence-corrected chi connectivity index (χ0v) is 22.2. The third-order valence-corrected chi connectivity index (χ3v) is 6.69. The molecule has 0 saturated carbocycles. The van der Waals surface area contributed by atoms with Crippen molar-refractivity contribution < 1.29 is 14.3 Å². The Kier molecular flexibility index (Phi) is 8.15. The van der Waals surface area contributed by atoms with E-state index < -0.39 is 11.7 Å². The lowest BCUT2D eigenvalue weighted by molar-refractivity contribution is -0.115. The average Bonchev–Trinajstić information content (AvgIpc) is 3.14. The van der Waals surface area contributed by atoms with Crippen LogP contribution in [0.25, 0.3) is 0 Å². The van der Waals surface area contributed by atoms with Crippen LogP contribution in [0, 0.1) is 5.41 Å². The summed E-state index contributed by atoms with van der Waals surface area (Å²) in [5, 5.41) is 6.34. The molecule has 1 aromatic carbocycles. The Morgan fingerprint density at radius 2 is 2.03 bits per heavy atom. The minimum atomic E-state index is -0.523. The van der Waals surface area contributed by atoms with Crippen LogP contribution in [0.1, 0.15) is 53.5 Å². The lowest BCUT2D eigenvalue weighted by Crippen LogP contribution is -2.39. The smallest absolute Gasteiger partial charge is 0.407 e. The minimum Gasteiger partial charge on any atom is -0.444 e. The Balaban J connectivity index is 1.61. The predicted octanol–water partition coefficient (Wildman–Crippen LogP) is 4.47. The lowest BCUT2D eigenvalue weighted by atomic mass is 9.89. The molecule has 0 radical (unpaired) electrons. The second-order valence-electron chi connectivity index (χ2n) is 10.4. The molecule has 0 spiro atoms. The number of rotatable bonds is 9. The highest BCUT2D eigenvalue weighted by atomic mass is 32.2. The van der Waals surface area contributed by atoms with E-state index in [1.54, 1.807) is 6.20 Å². The van der Waals surface area contributed by atoms with E-state index in [-0.39, 0.29) is 11.3 Å². The number of hydrogen-bond acceptors (Lipinski definition) is 8. The van der Waals surface area contributed by atoms with Crippen molar-refractivity contribution in [3.05, 3.63) is 30.0 Å². The molecule has 0 bridgehead atoms. The molecular formula is C25H36N6O3S. The zero-order chi connectivity index (χ0) is 25.8. The SMILES string of the molecule is CCN(CCC(C)(C)CNC(=O)OC(C)(C)C)c1cnc(Sc2cccc3c2CC(=O)N3)c(N)n1. The summed E-state index contributed by atoms with van der Waals surface area (Å²) in [6.07, 6.45) is 2.51. The number of hydrogen-bond donors (Lipinski definition) is 3. The Morgan fingerprint density at radius 1 is 1.29 bits per heavy atom. The van der Waals surface area contributed by atoms with Crippen LogP contribution < -0.4 is 21.3 Å². The van der Waals surface area contributed by atoms with E-state index in [1.807, 2.05) is 39.0 Å². The second-order valence-corrected chi connectivity index (χ2v) is 11.4. The molecule has 3 rings (SSSR count). The van der Waals surface area contributed by atoms with Gasteiger partial charge in [-0.3, -0.25) is 4.79 Å². The van der Waals surface area contributed by atoms with E-state index >= 15 is 0 Å². The highest BCUT2D eigenvalue weighted by molar-refractivity contribution is 7.99. The van der Waals surface area contributed by atoms with Crippen molar-refractivity contribution in [1.82, 2.24) is 15.3 Å². The van der Waals surface area contributed by atoms with Crippen molar-refractivity contribution in [3.8, 4) is 0 Å². The van der Waals surface area contributed by atoms with Gasteiger partial charge in [0, 0.05) is 30.2 Å². The summed E-state index contributed by atoms with van der Waals surface area (Å²) in [6, 6.07) is 5.76. The lowest BCUT2D eigenvalue weighted by Gasteiger charge is -2.30. The number of carbonyl (C=O) groups excluding carboxylic acids is 2. The van der Waals surface area contributed by atoms with Crippen molar-refractivity contribution >= 4 is 41.1 Å². The van der Waals surface area contributed by atoms with Gasteiger partial charge in [-0.25, -0.2) is 14.8 Å². The van der Waals surface area contributed by atoms with Crippen molar-refractivity contribution in [2.24, 2.45) is 5.41 Å². The molecule has 2 aromatic rings. The molecule has 0 saturated heterocycles. The predicted molar refractivity (Wildman–Crippen MR) is 140 cm³/mol. The van der Waals surface area contributed by atoms with Gasteiger partial charge in [0.15, 0.2) is 5.82 Å². The zero-order valence-electron chi connectivity index (χ0n) is 21.4. The highest BCUT2D eigenvalue weighted by Crippen LogP contribution is 2.38. The van der Waals surface area contributed by atoms with Crippen molar-refractivity contribution in [2.75, 3.05) is 35.6 Å². The number of fused-ring (bicyclic) bond motifs is 1. The standard InChI is InChI=1S/C25H36N6O3S/c1-7-31(12-11-25(5,6)15-28-23(33)34-24(2,3)4)19-14-27-22(21(26)30-19)35-18-10-8-9-17-16(18)13-20(32)29-17/h8-10,14H,7,11-13,15H2,1-6H3,(H2,26,30)(H,28,33)(H,29,32). The van der Waals surface area contributed by atoms with E-state index in [2.05, 4.69) is 46.3 Å². The van der Waals surface area contributed by atoms with Crippen LogP contribution in [0.4, 0.5) is 22.1 Å². The van der Waals surface area contributed by atoms with Crippen LogP contribution in [-0.2, 0) is 16.0 Å². The fourth-order valence-corrected chi connectivity index (χ4v) is 4.54. The average molecular weight is 501 g/mol. The molecule has 9 nitrogen and oxygen atoms in total. The molecule has 1 aliphatic rings. The Hall–Kier alpha value is -3.01. The summed E-state index contributed by atoms with van der Waals surface area (Å²) in [6.45, 7) is 13.8. The molecule has 10 heteroatoms. The molecule has 1 aromatic heterocycles. The first kappa shape index (κ1) is 26.6. The number of aromatic nitrogens is 2. The van der Waals surface area contributed by atoms with Crippen LogP contribution in [0.15, 0.2) is 34.3 Å². The first-order valence-corrected chi connectivity index (χ1v) is 12.6. The summed E-state index contributed by atoms with van der Waals surface area (Å²) in [5.74, 6) is 1.05. The molecule has 35 heavy (non-hydrogen) atoms. The van der Waals surface area contributed by atoms with Crippen LogP contribution in [0.3, 0.4) is 0 Å². The molecule has 0 fully saturated rings. The molecule has 2 heterocycles. The van der Waals surface area contributed by atoms with Gasteiger partial charge in [0.2, 0.25) is 5.91 Å². The van der Waals surface area contributed by atoms with Crippen LogP contribution in [0.5, 0.6) is 0 Å². The molecule has 190 valence electrons. The number of nitrogens with one attached hydrogen (secondary N) is 2. The van der Waals surface area contributed by atoms with E-state index in [1.165, 1.54) is 11.8 Å². The van der Waals surface area contributed by atoms with Crippen LogP contribution in [-0.4, -0.2) is 47.2 Å². The third kappa shape index (κ3) is 7.48. The summed E-state index contributed by atoms with van der Waals surface area (Å²) >= 11 is 1.42. The quantitative estimate of drug-likeness (QED) is 0.461. The van der Waals surface area contributed by atoms with E-state index in [0.717, 1.165) is 35.7 Å². The van der Waals surface area contributed by atoms with Gasteiger partial charge >= 0.3 is 6.09 Å². The molecular weight excluding hydrogens is 464 g/mol. The van der Waals surface area contributed by atoms with E-state index in [9.17, 15) is 9.59 Å². The summed E-state index contributed by atoms with van der Waals surface area (Å²) < 4.78 is 5.33. The van der Waals surface area contributed by atoms with E-state index in [0.29, 0.717) is 29.6 Å². The van der Waals surface area contributed by atoms with Gasteiger partial charge in [0.05, 0.1) is 12.6 Å². The minimum absolute atomic E-state index is 0.00902. The number of amides is 2. The van der Waals surface area contributed by atoms with Gasteiger partial charge in [-0.05, 0) is 57.2 Å². The van der Waals surface area contributed by atoms with E-state index in [4.69, 9.17) is 10.5 Å². The highest BCUT2D eigenvalue weighted by Gasteiger charge is 2.24. The number of anilines is 3. The van der Waals surface area contributed by atoms with Crippen molar-refractivity contribution in [1.29, 1.82) is 0 Å². The maximum Gasteiger partial charge on any atom is 0.407 e. The molecule has 1 aliphatic heterocycles. The monoisotopic (exact) mass is 500 g/mol. The first-order chi connectivity index (χ1) is 16.4. The second kappa shape index (κ2) is 10.7. The number of alkyl carbamates (subject to hydrolysis) is 1. The van der Waals surface area contributed by atoms with Gasteiger partial charge in [-0.15, -0.1) is 0 Å². The first-order valence-electron chi connectivity index (χ1n) is 11.8. The normalized spacial score (nSPS) is 13.3. The number of nitrogens with zero attached hydrogens (tertiary/aromatic N) is 3. The van der Waals surface area contributed by atoms with Gasteiger partial charge in [0.25, 0.3) is 0 Å². The number of carbonyl (C=O) groups is 2. The maximum absolute atomic E-state index is 12.0. The summed E-state index contributed by atoms with van der Waals surface area (Å²) in [4.78, 5) is 36.0. The maximum atomic E-state index is 12.0. The van der Waals surface area contributed by atoms with Crippen LogP contribution in [0.2, 0.25) is 0 Å². The molecule has 4 N–H and O–H groups in total. The topological polar surface area (TPSA) is 122 Å². The summed E-state index contributed by atoms with van der Waals surface area (Å²) in [7, 11) is 0. The Morgan fingerprint density at radius 3 is 2.69 bits per heavy atom. The fourth-order valence-electron chi connectivity index (χ4n) is 3.62. The molecule has 0 atom stereocenters. The van der Waals surface area contributed by atoms with Crippen LogP contribution >= 0.6 is 11.8 Å². The van der Waals surface area contributed by atoms with Gasteiger partial charge in [-0.1, -0.05) is 31.7 Å². The molecule has 2 amide bonds. The number of nitrogen functional groups attached to an aromatic ring is 1.